The Morgan fingerprint density at radius 3 is 1.73 bits per heavy atom. The molecule has 0 bridgehead atoms. The zero-order valence-corrected chi connectivity index (χ0v) is 8.52. The molecule has 0 spiro atoms. The van der Waals surface area contributed by atoms with E-state index in [1.807, 2.05) is 34.6 Å². The minimum Gasteiger partial charge on any atom is -0.465 e. The first-order valence-corrected chi connectivity index (χ1v) is 4.05. The van der Waals surface area contributed by atoms with E-state index < -0.39 is 0 Å². The molecule has 0 radical (unpaired) electrons. The summed E-state index contributed by atoms with van der Waals surface area (Å²) >= 11 is 0. The maximum absolute atomic E-state index is 10.3. The van der Waals surface area contributed by atoms with E-state index in [1.165, 1.54) is 6.92 Å². The Morgan fingerprint density at radius 1 is 1.27 bits per heavy atom. The largest absolute Gasteiger partial charge is 0.465 e. The van der Waals surface area contributed by atoms with E-state index in [0.29, 0.717) is 6.61 Å². The van der Waals surface area contributed by atoms with Crippen LogP contribution in [0.5, 0.6) is 0 Å². The number of esters is 1. The summed E-state index contributed by atoms with van der Waals surface area (Å²) in [6, 6.07) is 0. The van der Waals surface area contributed by atoms with Crippen LogP contribution in [0.15, 0.2) is 0 Å². The molecule has 0 aromatic carbocycles. The summed E-state index contributed by atoms with van der Waals surface area (Å²) in [5.74, 6) is -0.204. The van der Waals surface area contributed by atoms with E-state index in [9.17, 15) is 4.79 Å². The van der Waals surface area contributed by atoms with Gasteiger partial charge in [-0.1, -0.05) is 34.6 Å². The highest BCUT2D eigenvalue weighted by molar-refractivity contribution is 5.65. The molecule has 0 heterocycles. The Kier molecular flexibility index (Phi) is 7.37. The van der Waals surface area contributed by atoms with Crippen LogP contribution in [0.4, 0.5) is 0 Å². The van der Waals surface area contributed by atoms with Crippen molar-refractivity contribution in [3.63, 3.8) is 0 Å². The molecule has 0 rings (SSSR count). The van der Waals surface area contributed by atoms with Crippen molar-refractivity contribution in [2.24, 2.45) is 5.41 Å². The average Bonchev–Trinajstić information content (AvgIpc) is 1.87. The second kappa shape index (κ2) is 6.20. The molecular weight excluding hydrogens is 140 g/mol. The highest BCUT2D eigenvalue weighted by Gasteiger charge is 2.10. The highest BCUT2D eigenvalue weighted by Crippen LogP contribution is 2.12. The number of rotatable bonds is 1. The van der Waals surface area contributed by atoms with Gasteiger partial charge >= 0.3 is 5.97 Å². The number of carbonyl (C=O) groups is 1. The molecule has 0 atom stereocenters. The molecule has 0 aromatic heterocycles. The molecule has 0 saturated carbocycles. The Morgan fingerprint density at radius 2 is 1.64 bits per heavy atom. The summed E-state index contributed by atoms with van der Waals surface area (Å²) in [6.07, 6.45) is 0. The lowest BCUT2D eigenvalue weighted by atomic mass is 9.99. The van der Waals surface area contributed by atoms with Gasteiger partial charge < -0.3 is 4.74 Å². The summed E-state index contributed by atoms with van der Waals surface area (Å²) in [6.45, 7) is 12.0. The number of ether oxygens (including phenoxy) is 1. The van der Waals surface area contributed by atoms with Crippen molar-refractivity contribution in [1.82, 2.24) is 0 Å². The lowest BCUT2D eigenvalue weighted by Gasteiger charge is -2.16. The SMILES string of the molecule is CC.CC(=O)OCC(C)(C)C. The maximum atomic E-state index is 10.3. The predicted molar refractivity (Wildman–Crippen MR) is 47.4 cm³/mol. The molecular formula is C9H20O2. The average molecular weight is 160 g/mol. The first-order chi connectivity index (χ1) is 4.92. The minimum atomic E-state index is -0.204. The van der Waals surface area contributed by atoms with Crippen molar-refractivity contribution >= 4 is 5.97 Å². The van der Waals surface area contributed by atoms with Crippen molar-refractivity contribution in [1.29, 1.82) is 0 Å². The van der Waals surface area contributed by atoms with E-state index in [0.717, 1.165) is 0 Å². The lowest BCUT2D eigenvalue weighted by molar-refractivity contribution is -0.143. The summed E-state index contributed by atoms with van der Waals surface area (Å²) in [4.78, 5) is 10.3. The van der Waals surface area contributed by atoms with E-state index in [1.54, 1.807) is 0 Å². The predicted octanol–water partition coefficient (Wildman–Crippen LogP) is 2.62. The van der Waals surface area contributed by atoms with Crippen LogP contribution in [0.25, 0.3) is 0 Å². The van der Waals surface area contributed by atoms with Gasteiger partial charge in [0.15, 0.2) is 0 Å². The van der Waals surface area contributed by atoms with Gasteiger partial charge in [-0.25, -0.2) is 0 Å². The zero-order chi connectivity index (χ0) is 9.49. The van der Waals surface area contributed by atoms with E-state index >= 15 is 0 Å². The Balaban J connectivity index is 0. The quantitative estimate of drug-likeness (QED) is 0.551. The molecule has 0 saturated heterocycles. The fraction of sp³-hybridized carbons (Fsp3) is 0.889. The van der Waals surface area contributed by atoms with Gasteiger partial charge in [0.05, 0.1) is 6.61 Å². The van der Waals surface area contributed by atoms with Gasteiger partial charge in [-0.3, -0.25) is 4.79 Å². The van der Waals surface area contributed by atoms with Crippen molar-refractivity contribution in [3.8, 4) is 0 Å². The molecule has 0 fully saturated rings. The monoisotopic (exact) mass is 160 g/mol. The van der Waals surface area contributed by atoms with Gasteiger partial charge in [-0.2, -0.15) is 0 Å². The molecule has 2 nitrogen and oxygen atoms in total. The van der Waals surface area contributed by atoms with Gasteiger partial charge in [0.25, 0.3) is 0 Å². The molecule has 68 valence electrons. The van der Waals surface area contributed by atoms with Gasteiger partial charge in [0.2, 0.25) is 0 Å². The van der Waals surface area contributed by atoms with Crippen LogP contribution in [0.1, 0.15) is 41.5 Å². The Hall–Kier alpha value is -0.530. The molecule has 0 aliphatic rings. The third kappa shape index (κ3) is 17.7. The molecule has 0 amide bonds. The van der Waals surface area contributed by atoms with E-state index in [-0.39, 0.29) is 11.4 Å². The zero-order valence-electron chi connectivity index (χ0n) is 8.52. The second-order valence-electron chi connectivity index (χ2n) is 3.34. The summed E-state index contributed by atoms with van der Waals surface area (Å²) < 4.78 is 4.77. The third-order valence-corrected chi connectivity index (χ3v) is 0.708. The topological polar surface area (TPSA) is 26.3 Å². The lowest BCUT2D eigenvalue weighted by Crippen LogP contribution is -2.16. The number of hydrogen-bond acceptors (Lipinski definition) is 2. The van der Waals surface area contributed by atoms with Crippen molar-refractivity contribution < 1.29 is 9.53 Å². The van der Waals surface area contributed by atoms with Gasteiger partial charge in [0, 0.05) is 6.92 Å². The molecule has 0 aliphatic carbocycles. The van der Waals surface area contributed by atoms with Crippen LogP contribution in [0, 0.1) is 5.41 Å². The van der Waals surface area contributed by atoms with Crippen LogP contribution in [0.2, 0.25) is 0 Å². The normalized spacial score (nSPS) is 9.64. The van der Waals surface area contributed by atoms with Gasteiger partial charge in [-0.05, 0) is 5.41 Å². The summed E-state index contributed by atoms with van der Waals surface area (Å²) in [5.41, 5.74) is 0.0890. The molecule has 0 unspecified atom stereocenters. The van der Waals surface area contributed by atoms with Crippen LogP contribution >= 0.6 is 0 Å². The van der Waals surface area contributed by atoms with Crippen molar-refractivity contribution in [3.05, 3.63) is 0 Å². The molecule has 0 aliphatic heterocycles. The van der Waals surface area contributed by atoms with Crippen molar-refractivity contribution in [2.75, 3.05) is 6.61 Å². The van der Waals surface area contributed by atoms with Crippen LogP contribution < -0.4 is 0 Å². The fourth-order valence-electron chi connectivity index (χ4n) is 0.318. The minimum absolute atomic E-state index is 0.0890. The fourth-order valence-corrected chi connectivity index (χ4v) is 0.318. The highest BCUT2D eigenvalue weighted by atomic mass is 16.5. The summed E-state index contributed by atoms with van der Waals surface area (Å²) in [7, 11) is 0. The first-order valence-electron chi connectivity index (χ1n) is 4.05. The maximum Gasteiger partial charge on any atom is 0.302 e. The first kappa shape index (κ1) is 13.1. The van der Waals surface area contributed by atoms with Gasteiger partial charge in [-0.15, -0.1) is 0 Å². The van der Waals surface area contributed by atoms with Crippen LogP contribution in [-0.2, 0) is 9.53 Å². The number of hydrogen-bond donors (Lipinski definition) is 0. The van der Waals surface area contributed by atoms with E-state index in [2.05, 4.69) is 0 Å². The van der Waals surface area contributed by atoms with Crippen LogP contribution in [0.3, 0.4) is 0 Å². The molecule has 0 N–H and O–H groups in total. The smallest absolute Gasteiger partial charge is 0.302 e. The van der Waals surface area contributed by atoms with Gasteiger partial charge in [0.1, 0.15) is 0 Å². The Labute approximate surface area is 69.9 Å². The second-order valence-corrected chi connectivity index (χ2v) is 3.34. The van der Waals surface area contributed by atoms with Crippen LogP contribution in [-0.4, -0.2) is 12.6 Å². The third-order valence-electron chi connectivity index (χ3n) is 0.708. The standard InChI is InChI=1S/C7H14O2.C2H6/c1-6(8)9-5-7(2,3)4;1-2/h5H2,1-4H3;1-2H3. The molecule has 2 heteroatoms. The molecule has 0 aromatic rings. The Bertz CT molecular complexity index is 101. The van der Waals surface area contributed by atoms with E-state index in [4.69, 9.17) is 4.74 Å². The van der Waals surface area contributed by atoms with Crippen molar-refractivity contribution in [2.45, 2.75) is 41.5 Å². The molecule has 11 heavy (non-hydrogen) atoms. The summed E-state index contributed by atoms with van der Waals surface area (Å²) in [5, 5.41) is 0. The number of carbonyl (C=O) groups excluding carboxylic acids is 1.